The Balaban J connectivity index is 2.18. The van der Waals surface area contributed by atoms with Gasteiger partial charge in [-0.3, -0.25) is 9.69 Å². The lowest BCUT2D eigenvalue weighted by molar-refractivity contribution is -0.139. The highest BCUT2D eigenvalue weighted by molar-refractivity contribution is 7.91. The molecule has 1 aromatic rings. The Morgan fingerprint density at radius 2 is 1.90 bits per heavy atom. The van der Waals surface area contributed by atoms with E-state index in [0.29, 0.717) is 6.54 Å². The fraction of sp³-hybridized carbons (Fsp3) is 0.500. The molecule has 2 rings (SSSR count). The average molecular weight is 313 g/mol. The fourth-order valence-corrected chi connectivity index (χ4v) is 4.38. The van der Waals surface area contributed by atoms with Gasteiger partial charge in [-0.25, -0.2) is 8.42 Å². The van der Waals surface area contributed by atoms with Crippen molar-refractivity contribution in [3.63, 3.8) is 0 Å². The number of hydrogen-bond acceptors (Lipinski definition) is 5. The summed E-state index contributed by atoms with van der Waals surface area (Å²) < 4.78 is 23.2. The number of aliphatic carboxylic acids is 1. The number of benzene rings is 1. The largest absolute Gasteiger partial charge is 0.480 e. The number of aliphatic hydroxyl groups is 1. The topological polar surface area (TPSA) is 94.9 Å². The lowest BCUT2D eigenvalue weighted by Crippen LogP contribution is -2.45. The smallest absolute Gasteiger partial charge is 0.317 e. The maximum Gasteiger partial charge on any atom is 0.317 e. The maximum atomic E-state index is 11.6. The SMILES string of the molecule is Cc1ccc(CN(CC(=O)O)[C@@H]2CS(=O)(=O)C[C@H]2O)cc1. The molecular formula is C14H19NO5S. The number of sulfone groups is 1. The van der Waals surface area contributed by atoms with Gasteiger partial charge in [0.25, 0.3) is 0 Å². The number of carboxylic acids is 1. The molecule has 6 nitrogen and oxygen atoms in total. The van der Waals surface area contributed by atoms with E-state index in [-0.39, 0.29) is 18.1 Å². The van der Waals surface area contributed by atoms with Crippen LogP contribution in [0.15, 0.2) is 24.3 Å². The van der Waals surface area contributed by atoms with Gasteiger partial charge >= 0.3 is 5.97 Å². The number of aliphatic hydroxyl groups excluding tert-OH is 1. The molecule has 0 aliphatic carbocycles. The van der Waals surface area contributed by atoms with Crippen molar-refractivity contribution in [1.29, 1.82) is 0 Å². The number of carbonyl (C=O) groups is 1. The van der Waals surface area contributed by atoms with Crippen LogP contribution in [-0.2, 0) is 21.2 Å². The summed E-state index contributed by atoms with van der Waals surface area (Å²) in [4.78, 5) is 12.5. The molecule has 1 aromatic carbocycles. The van der Waals surface area contributed by atoms with Gasteiger partial charge in [-0.1, -0.05) is 29.8 Å². The fourth-order valence-electron chi connectivity index (χ4n) is 2.55. The molecular weight excluding hydrogens is 294 g/mol. The molecule has 2 atom stereocenters. The van der Waals surface area contributed by atoms with Crippen LogP contribution in [0.1, 0.15) is 11.1 Å². The maximum absolute atomic E-state index is 11.6. The van der Waals surface area contributed by atoms with Crippen LogP contribution < -0.4 is 0 Å². The van der Waals surface area contributed by atoms with E-state index in [1.165, 1.54) is 4.90 Å². The Labute approximate surface area is 123 Å². The minimum absolute atomic E-state index is 0.201. The highest BCUT2D eigenvalue weighted by atomic mass is 32.2. The molecule has 2 N–H and O–H groups in total. The molecule has 0 amide bonds. The summed E-state index contributed by atoms with van der Waals surface area (Å²) in [7, 11) is -3.31. The zero-order chi connectivity index (χ0) is 15.6. The van der Waals surface area contributed by atoms with Crippen molar-refractivity contribution in [2.45, 2.75) is 25.6 Å². The molecule has 7 heteroatoms. The molecule has 1 fully saturated rings. The molecule has 21 heavy (non-hydrogen) atoms. The second kappa shape index (κ2) is 6.13. The minimum atomic E-state index is -3.31. The van der Waals surface area contributed by atoms with Crippen LogP contribution in [0.5, 0.6) is 0 Å². The van der Waals surface area contributed by atoms with E-state index in [1.807, 2.05) is 31.2 Å². The van der Waals surface area contributed by atoms with Crippen molar-refractivity contribution < 1.29 is 23.4 Å². The van der Waals surface area contributed by atoms with Crippen LogP contribution in [0, 0.1) is 6.92 Å². The van der Waals surface area contributed by atoms with Gasteiger partial charge in [0.15, 0.2) is 9.84 Å². The van der Waals surface area contributed by atoms with E-state index in [0.717, 1.165) is 11.1 Å². The van der Waals surface area contributed by atoms with Crippen LogP contribution in [0.2, 0.25) is 0 Å². The van der Waals surface area contributed by atoms with E-state index in [1.54, 1.807) is 0 Å². The van der Waals surface area contributed by atoms with Gasteiger partial charge in [-0.2, -0.15) is 0 Å². The molecule has 1 aliphatic heterocycles. The number of carboxylic acid groups (broad SMARTS) is 1. The summed E-state index contributed by atoms with van der Waals surface area (Å²) in [6, 6.07) is 6.90. The van der Waals surface area contributed by atoms with Crippen molar-refractivity contribution in [3.05, 3.63) is 35.4 Å². The number of hydrogen-bond donors (Lipinski definition) is 2. The van der Waals surface area contributed by atoms with Gasteiger partial charge in [-0.15, -0.1) is 0 Å². The first-order chi connectivity index (χ1) is 9.77. The van der Waals surface area contributed by atoms with Crippen LogP contribution >= 0.6 is 0 Å². The number of nitrogens with zero attached hydrogens (tertiary/aromatic N) is 1. The van der Waals surface area contributed by atoms with Crippen LogP contribution in [0.3, 0.4) is 0 Å². The highest BCUT2D eigenvalue weighted by Crippen LogP contribution is 2.20. The van der Waals surface area contributed by atoms with Gasteiger partial charge in [0, 0.05) is 6.54 Å². The monoisotopic (exact) mass is 313 g/mol. The van der Waals surface area contributed by atoms with E-state index in [4.69, 9.17) is 5.11 Å². The summed E-state index contributed by atoms with van der Waals surface area (Å²) in [6.45, 7) is 1.95. The van der Waals surface area contributed by atoms with Gasteiger partial charge in [0.05, 0.1) is 30.2 Å². The second-order valence-corrected chi connectivity index (χ2v) is 7.65. The average Bonchev–Trinajstić information content (AvgIpc) is 2.64. The standard InChI is InChI=1S/C14H19NO5S/c1-10-2-4-11(5-3-10)6-15(7-14(17)18)12-8-21(19,20)9-13(12)16/h2-5,12-13,16H,6-9H2,1H3,(H,17,18)/t12-,13-/m1/s1. The van der Waals surface area contributed by atoms with Crippen LogP contribution in [0.25, 0.3) is 0 Å². The lowest BCUT2D eigenvalue weighted by atomic mass is 10.1. The molecule has 0 aromatic heterocycles. The third-order valence-electron chi connectivity index (χ3n) is 3.61. The van der Waals surface area contributed by atoms with Gasteiger partial charge in [0.2, 0.25) is 0 Å². The molecule has 1 aliphatic rings. The summed E-state index contributed by atoms with van der Waals surface area (Å²) in [6.07, 6.45) is -1.04. The Bertz CT molecular complexity index is 611. The summed E-state index contributed by atoms with van der Waals surface area (Å²) in [5.41, 5.74) is 1.98. The first-order valence-electron chi connectivity index (χ1n) is 6.67. The predicted molar refractivity (Wildman–Crippen MR) is 77.7 cm³/mol. The van der Waals surface area contributed by atoms with Gasteiger partial charge in [-0.05, 0) is 12.5 Å². The third kappa shape index (κ3) is 4.26. The van der Waals surface area contributed by atoms with E-state index in [9.17, 15) is 18.3 Å². The third-order valence-corrected chi connectivity index (χ3v) is 5.31. The Morgan fingerprint density at radius 3 is 2.38 bits per heavy atom. The second-order valence-electron chi connectivity index (χ2n) is 5.50. The van der Waals surface area contributed by atoms with Crippen molar-refractivity contribution >= 4 is 15.8 Å². The summed E-state index contributed by atoms with van der Waals surface area (Å²) in [5.74, 6) is -1.55. The van der Waals surface area contributed by atoms with Crippen LogP contribution in [0.4, 0.5) is 0 Å². The van der Waals surface area contributed by atoms with Crippen molar-refractivity contribution in [3.8, 4) is 0 Å². The summed E-state index contributed by atoms with van der Waals surface area (Å²) in [5, 5.41) is 18.9. The Kier molecular flexibility index (Phi) is 4.65. The van der Waals surface area contributed by atoms with E-state index >= 15 is 0 Å². The first kappa shape index (κ1) is 15.9. The molecule has 0 unspecified atom stereocenters. The molecule has 0 spiro atoms. The zero-order valence-electron chi connectivity index (χ0n) is 11.8. The first-order valence-corrected chi connectivity index (χ1v) is 8.49. The molecule has 1 saturated heterocycles. The predicted octanol–water partition coefficient (Wildman–Crippen LogP) is 0.0395. The normalized spacial score (nSPS) is 24.3. The van der Waals surface area contributed by atoms with Crippen molar-refractivity contribution in [2.75, 3.05) is 18.1 Å². The van der Waals surface area contributed by atoms with Crippen molar-refractivity contribution in [1.82, 2.24) is 4.90 Å². The van der Waals surface area contributed by atoms with Crippen LogP contribution in [-0.4, -0.2) is 59.7 Å². The Morgan fingerprint density at radius 1 is 1.29 bits per heavy atom. The zero-order valence-corrected chi connectivity index (χ0v) is 12.6. The molecule has 0 bridgehead atoms. The summed E-state index contributed by atoms with van der Waals surface area (Å²) >= 11 is 0. The van der Waals surface area contributed by atoms with E-state index in [2.05, 4.69) is 0 Å². The van der Waals surface area contributed by atoms with E-state index < -0.39 is 28.0 Å². The number of aryl methyl sites for hydroxylation is 1. The molecule has 0 saturated carbocycles. The van der Waals surface area contributed by atoms with Gasteiger partial charge < -0.3 is 10.2 Å². The Hall–Kier alpha value is -1.44. The number of rotatable bonds is 5. The van der Waals surface area contributed by atoms with Crippen molar-refractivity contribution in [2.24, 2.45) is 0 Å². The molecule has 1 heterocycles. The highest BCUT2D eigenvalue weighted by Gasteiger charge is 2.40. The molecule has 116 valence electrons. The van der Waals surface area contributed by atoms with Gasteiger partial charge in [0.1, 0.15) is 0 Å². The lowest BCUT2D eigenvalue weighted by Gasteiger charge is -2.28. The quantitative estimate of drug-likeness (QED) is 0.797. The minimum Gasteiger partial charge on any atom is -0.480 e. The molecule has 0 radical (unpaired) electrons.